The van der Waals surface area contributed by atoms with Crippen LogP contribution in [0.5, 0.6) is 5.75 Å². The van der Waals surface area contributed by atoms with Gasteiger partial charge in [0.25, 0.3) is 0 Å². The van der Waals surface area contributed by atoms with Crippen LogP contribution >= 0.6 is 0 Å². The molecule has 0 saturated carbocycles. The number of aliphatic hydroxyl groups is 1. The zero-order valence-electron chi connectivity index (χ0n) is 15.6. The minimum Gasteiger partial charge on any atom is -0.497 e. The minimum absolute atomic E-state index is 0.0765. The molecule has 5 nitrogen and oxygen atoms in total. The summed E-state index contributed by atoms with van der Waals surface area (Å²) in [6, 6.07) is 6.11. The summed E-state index contributed by atoms with van der Waals surface area (Å²) >= 11 is 0. The molecule has 2 aliphatic rings. The van der Waals surface area contributed by atoms with Gasteiger partial charge in [0.2, 0.25) is 0 Å². The number of carbonyl (C=O) groups is 1. The Bertz CT molecular complexity index is 883. The van der Waals surface area contributed by atoms with Crippen molar-refractivity contribution in [2.24, 2.45) is 11.8 Å². The third-order valence-corrected chi connectivity index (χ3v) is 6.28. The Morgan fingerprint density at radius 2 is 2.19 bits per heavy atom. The van der Waals surface area contributed by atoms with Gasteiger partial charge >= 0.3 is 0 Å². The smallest absolute Gasteiger partial charge is 0.179 e. The van der Waals surface area contributed by atoms with Crippen LogP contribution < -0.4 is 4.74 Å². The summed E-state index contributed by atoms with van der Waals surface area (Å²) in [6.07, 6.45) is 3.32. The molecule has 138 valence electrons. The average molecular weight is 354 g/mol. The molecule has 0 amide bonds. The number of nitrogens with one attached hydrogen (secondary N) is 1. The molecular weight excluding hydrogens is 328 g/mol. The van der Waals surface area contributed by atoms with Crippen molar-refractivity contribution in [3.8, 4) is 5.75 Å². The Morgan fingerprint density at radius 3 is 2.88 bits per heavy atom. The van der Waals surface area contributed by atoms with Gasteiger partial charge in [0, 0.05) is 42.4 Å². The molecule has 2 bridgehead atoms. The fraction of sp³-hybridized carbons (Fsp3) is 0.476. The summed E-state index contributed by atoms with van der Waals surface area (Å²) < 4.78 is 5.38. The second kappa shape index (κ2) is 6.56. The molecule has 3 atom stereocenters. The van der Waals surface area contributed by atoms with E-state index in [0.29, 0.717) is 6.42 Å². The number of rotatable bonds is 2. The normalized spacial score (nSPS) is 28.1. The second-order valence-electron chi connectivity index (χ2n) is 7.52. The zero-order chi connectivity index (χ0) is 18.4. The Kier molecular flexibility index (Phi) is 4.37. The molecule has 1 fully saturated rings. The van der Waals surface area contributed by atoms with Crippen LogP contribution in [-0.2, 0) is 6.42 Å². The Morgan fingerprint density at radius 1 is 1.38 bits per heavy atom. The number of allylic oxidation sites excluding steroid dienone is 1. The molecule has 4 rings (SSSR count). The fourth-order valence-corrected chi connectivity index (χ4v) is 4.85. The van der Waals surface area contributed by atoms with Gasteiger partial charge in [-0.3, -0.25) is 9.69 Å². The van der Waals surface area contributed by atoms with Crippen molar-refractivity contribution < 1.29 is 14.6 Å². The molecule has 1 aromatic heterocycles. The Labute approximate surface area is 153 Å². The molecule has 1 unspecified atom stereocenters. The summed E-state index contributed by atoms with van der Waals surface area (Å²) in [5, 5.41) is 11.2. The number of likely N-dealkylation sites (tertiary alicyclic amines) is 1. The number of likely N-dealkylation sites (N-methyl/N-ethyl adjacent to an activating group) is 1. The number of nitrogens with zero attached hydrogens (tertiary/aromatic N) is 1. The molecule has 2 N–H and O–H groups in total. The number of hydrogen-bond acceptors (Lipinski definition) is 4. The molecule has 1 saturated heterocycles. The summed E-state index contributed by atoms with van der Waals surface area (Å²) in [6.45, 7) is 2.99. The number of aromatic amines is 1. The topological polar surface area (TPSA) is 65.6 Å². The maximum atomic E-state index is 13.1. The lowest BCUT2D eigenvalue weighted by Crippen LogP contribution is -2.52. The number of Topliss-reactive ketones (excluding diaryl/α,β-unsaturated/α-hetero) is 1. The van der Waals surface area contributed by atoms with Crippen LogP contribution in [0.25, 0.3) is 10.9 Å². The number of hydrogen-bond donors (Lipinski definition) is 2. The first-order valence-corrected chi connectivity index (χ1v) is 9.25. The number of H-pyrrole nitrogens is 1. The van der Waals surface area contributed by atoms with Crippen LogP contribution in [0.2, 0.25) is 0 Å². The van der Waals surface area contributed by atoms with Crippen LogP contribution in [0.4, 0.5) is 0 Å². The highest BCUT2D eigenvalue weighted by Gasteiger charge is 2.42. The molecule has 0 radical (unpaired) electrons. The van der Waals surface area contributed by atoms with Crippen molar-refractivity contribution in [3.05, 3.63) is 41.1 Å². The van der Waals surface area contributed by atoms with E-state index in [4.69, 9.17) is 4.74 Å². The van der Waals surface area contributed by atoms with Crippen molar-refractivity contribution in [2.45, 2.75) is 25.8 Å². The van der Waals surface area contributed by atoms with E-state index < -0.39 is 0 Å². The first kappa shape index (κ1) is 17.3. The zero-order valence-corrected chi connectivity index (χ0v) is 15.6. The van der Waals surface area contributed by atoms with Gasteiger partial charge < -0.3 is 14.8 Å². The number of carbonyl (C=O) groups excluding carboxylic acids is 1. The number of piperidine rings is 1. The average Bonchev–Trinajstić information content (AvgIpc) is 3.00. The first-order valence-electron chi connectivity index (χ1n) is 9.25. The molecule has 2 heterocycles. The van der Waals surface area contributed by atoms with Gasteiger partial charge in [-0.2, -0.15) is 0 Å². The van der Waals surface area contributed by atoms with E-state index in [-0.39, 0.29) is 30.3 Å². The quantitative estimate of drug-likeness (QED) is 0.814. The van der Waals surface area contributed by atoms with E-state index in [1.165, 1.54) is 5.57 Å². The molecule has 1 aromatic carbocycles. The van der Waals surface area contributed by atoms with Crippen molar-refractivity contribution in [1.82, 2.24) is 9.88 Å². The number of methoxy groups -OCH3 is 1. The SMILES string of the molecule is CC=C1CN(C)[C@@H]2Cc3c([nH]c4ccc(OC)cc34)C(=O)C[C@@H]1C2CO. The lowest BCUT2D eigenvalue weighted by Gasteiger charge is -2.46. The third kappa shape index (κ3) is 2.58. The monoisotopic (exact) mass is 354 g/mol. The number of ether oxygens (including phenoxy) is 1. The summed E-state index contributed by atoms with van der Waals surface area (Å²) in [4.78, 5) is 18.8. The molecular formula is C21H26N2O3. The van der Waals surface area contributed by atoms with Crippen LogP contribution in [0.1, 0.15) is 29.4 Å². The molecule has 2 aromatic rings. The lowest BCUT2D eigenvalue weighted by molar-refractivity contribution is 0.0518. The maximum Gasteiger partial charge on any atom is 0.179 e. The maximum absolute atomic E-state index is 13.1. The van der Waals surface area contributed by atoms with Gasteiger partial charge in [0.15, 0.2) is 5.78 Å². The Hall–Kier alpha value is -2.11. The van der Waals surface area contributed by atoms with E-state index in [0.717, 1.165) is 40.9 Å². The van der Waals surface area contributed by atoms with Crippen molar-refractivity contribution >= 4 is 16.7 Å². The van der Waals surface area contributed by atoms with Crippen molar-refractivity contribution in [1.29, 1.82) is 0 Å². The molecule has 1 aliphatic heterocycles. The van der Waals surface area contributed by atoms with Gasteiger partial charge in [-0.1, -0.05) is 11.6 Å². The van der Waals surface area contributed by atoms with Gasteiger partial charge in [0.05, 0.1) is 12.8 Å². The van der Waals surface area contributed by atoms with Crippen LogP contribution in [0, 0.1) is 11.8 Å². The van der Waals surface area contributed by atoms with E-state index in [1.54, 1.807) is 7.11 Å². The number of aromatic nitrogens is 1. The molecule has 26 heavy (non-hydrogen) atoms. The van der Waals surface area contributed by atoms with Crippen LogP contribution in [-0.4, -0.2) is 54.1 Å². The second-order valence-corrected chi connectivity index (χ2v) is 7.52. The first-order chi connectivity index (χ1) is 12.6. The predicted molar refractivity (Wildman–Crippen MR) is 102 cm³/mol. The van der Waals surface area contributed by atoms with E-state index in [9.17, 15) is 9.90 Å². The van der Waals surface area contributed by atoms with Crippen LogP contribution in [0.3, 0.4) is 0 Å². The third-order valence-electron chi connectivity index (χ3n) is 6.28. The number of benzene rings is 1. The highest BCUT2D eigenvalue weighted by molar-refractivity contribution is 6.03. The number of fused-ring (bicyclic) bond motifs is 5. The molecule has 5 heteroatoms. The van der Waals surface area contributed by atoms with Gasteiger partial charge in [-0.25, -0.2) is 0 Å². The predicted octanol–water partition coefficient (Wildman–Crippen LogP) is 2.79. The summed E-state index contributed by atoms with van der Waals surface area (Å²) in [7, 11) is 3.77. The molecule has 1 aliphatic carbocycles. The highest BCUT2D eigenvalue weighted by atomic mass is 16.5. The van der Waals surface area contributed by atoms with E-state index >= 15 is 0 Å². The fourth-order valence-electron chi connectivity index (χ4n) is 4.85. The van der Waals surface area contributed by atoms with Crippen molar-refractivity contribution in [3.63, 3.8) is 0 Å². The van der Waals surface area contributed by atoms with E-state index in [1.807, 2.05) is 25.1 Å². The van der Waals surface area contributed by atoms with Crippen molar-refractivity contribution in [2.75, 3.05) is 27.3 Å². The summed E-state index contributed by atoms with van der Waals surface area (Å²) in [5.41, 5.74) is 4.01. The lowest BCUT2D eigenvalue weighted by atomic mass is 9.71. The van der Waals surface area contributed by atoms with Gasteiger partial charge in [0.1, 0.15) is 5.75 Å². The largest absolute Gasteiger partial charge is 0.497 e. The standard InChI is InChI=1S/C21H26N2O3/c1-4-12-10-23(2)19-8-16-15-7-13(26-3)5-6-18(15)22-21(16)20(25)9-14(12)17(19)11-24/h4-7,14,17,19,22,24H,8-11H2,1-3H3/t14-,17?,19+/m0/s1. The van der Waals surface area contributed by atoms with Gasteiger partial charge in [-0.15, -0.1) is 0 Å². The Balaban J connectivity index is 1.89. The minimum atomic E-state index is 0.0765. The van der Waals surface area contributed by atoms with Gasteiger partial charge in [-0.05, 0) is 50.1 Å². The van der Waals surface area contributed by atoms with Crippen LogP contribution in [0.15, 0.2) is 29.8 Å². The number of aliphatic hydroxyl groups excluding tert-OH is 1. The number of ketones is 1. The highest BCUT2D eigenvalue weighted by Crippen LogP contribution is 2.41. The van der Waals surface area contributed by atoms with E-state index in [2.05, 4.69) is 23.0 Å². The summed E-state index contributed by atoms with van der Waals surface area (Å²) in [5.74, 6) is 1.12. The molecule has 0 spiro atoms.